The van der Waals surface area contributed by atoms with Crippen molar-refractivity contribution in [2.45, 2.75) is 71.9 Å². The molecule has 1 aliphatic carbocycles. The van der Waals surface area contributed by atoms with Gasteiger partial charge in [0.15, 0.2) is 0 Å². The summed E-state index contributed by atoms with van der Waals surface area (Å²) in [5, 5.41) is 32.7. The van der Waals surface area contributed by atoms with Crippen molar-refractivity contribution in [2.75, 3.05) is 19.7 Å². The number of hydrogen-bond donors (Lipinski definition) is 6. The average Bonchev–Trinajstić information content (AvgIpc) is 3.07. The molecule has 11 heteroatoms. The monoisotopic (exact) mass is 666 g/mol. The van der Waals surface area contributed by atoms with Crippen molar-refractivity contribution in [3.05, 3.63) is 101 Å². The number of nitrogens with two attached hydrogens (primary N) is 1. The fourth-order valence-electron chi connectivity index (χ4n) is 6.21. The Kier molecular flexibility index (Phi) is 11.2. The number of allylic oxidation sites excluding steroid dienone is 1. The zero-order chi connectivity index (χ0) is 35.1. The Morgan fingerprint density at radius 2 is 1.73 bits per heavy atom. The lowest BCUT2D eigenvalue weighted by atomic mass is 9.85. The number of piperidine rings is 1. The van der Waals surface area contributed by atoms with Crippen LogP contribution in [0.3, 0.4) is 0 Å². The Labute approximate surface area is 288 Å². The van der Waals surface area contributed by atoms with Crippen molar-refractivity contribution in [3.63, 3.8) is 0 Å². The highest BCUT2D eigenvalue weighted by Gasteiger charge is 2.30. The summed E-state index contributed by atoms with van der Waals surface area (Å²) in [6.07, 6.45) is 7.10. The van der Waals surface area contributed by atoms with Crippen LogP contribution in [0.15, 0.2) is 83.6 Å². The number of aliphatic hydroxyl groups excluding tert-OH is 1. The van der Waals surface area contributed by atoms with Crippen molar-refractivity contribution < 1.29 is 14.6 Å². The lowest BCUT2D eigenvalue weighted by molar-refractivity contribution is 0.170. The number of aliphatic hydroxyl groups is 1. The predicted octanol–water partition coefficient (Wildman–Crippen LogP) is 6.03. The minimum atomic E-state index is -0.381. The number of aromatic nitrogens is 1. The van der Waals surface area contributed by atoms with E-state index in [-0.39, 0.29) is 41.6 Å². The number of amides is 2. The van der Waals surface area contributed by atoms with E-state index in [1.807, 2.05) is 81.1 Å². The third kappa shape index (κ3) is 9.17. The molecule has 0 bridgehead atoms. The van der Waals surface area contributed by atoms with Gasteiger partial charge >= 0.3 is 6.03 Å². The molecule has 49 heavy (non-hydrogen) atoms. The molecule has 0 saturated carbocycles. The predicted molar refractivity (Wildman–Crippen MR) is 193 cm³/mol. The minimum Gasteiger partial charge on any atom is -0.484 e. The second-order valence-corrected chi connectivity index (χ2v) is 14.0. The van der Waals surface area contributed by atoms with Crippen LogP contribution < -0.4 is 26.6 Å². The maximum Gasteiger partial charge on any atom is 0.320 e. The Morgan fingerprint density at radius 3 is 2.41 bits per heavy atom. The Morgan fingerprint density at radius 1 is 1.04 bits per heavy atom. The van der Waals surface area contributed by atoms with E-state index in [1.165, 1.54) is 0 Å². The molecule has 2 heterocycles. The number of amidine groups is 1. The zero-order valence-corrected chi connectivity index (χ0v) is 29.0. The number of benzene rings is 2. The van der Waals surface area contributed by atoms with Gasteiger partial charge in [-0.15, -0.1) is 0 Å². The molecule has 0 radical (unpaired) electrons. The van der Waals surface area contributed by atoms with Crippen LogP contribution in [0.4, 0.5) is 10.5 Å². The van der Waals surface area contributed by atoms with E-state index in [2.05, 4.69) is 15.6 Å². The molecule has 1 aromatic heterocycles. The van der Waals surface area contributed by atoms with Gasteiger partial charge in [0.25, 0.3) is 0 Å². The van der Waals surface area contributed by atoms with Crippen LogP contribution in [0.1, 0.15) is 81.7 Å². The van der Waals surface area contributed by atoms with Gasteiger partial charge in [-0.2, -0.15) is 0 Å². The quantitative estimate of drug-likeness (QED) is 0.134. The second-order valence-electron chi connectivity index (χ2n) is 14.0. The molecule has 2 aliphatic rings. The van der Waals surface area contributed by atoms with E-state index >= 15 is 0 Å². The molecular weight excluding hydrogens is 616 g/mol. The summed E-state index contributed by atoms with van der Waals surface area (Å²) in [6, 6.07) is 18.5. The summed E-state index contributed by atoms with van der Waals surface area (Å²) in [5.41, 5.74) is 10.7. The van der Waals surface area contributed by atoms with Crippen LogP contribution in [0.2, 0.25) is 0 Å². The number of carbonyl (C=O) groups is 1. The third-order valence-electron chi connectivity index (χ3n) is 9.30. The van der Waals surface area contributed by atoms with Crippen molar-refractivity contribution in [3.8, 4) is 5.75 Å². The number of fused-ring (bicyclic) bond motifs is 1. The normalized spacial score (nSPS) is 18.8. The number of urea groups is 1. The van der Waals surface area contributed by atoms with E-state index in [0.29, 0.717) is 41.7 Å². The van der Waals surface area contributed by atoms with Gasteiger partial charge in [0.05, 0.1) is 17.9 Å². The second kappa shape index (κ2) is 15.5. The maximum atomic E-state index is 13.4. The summed E-state index contributed by atoms with van der Waals surface area (Å²) < 4.78 is 8.07. The summed E-state index contributed by atoms with van der Waals surface area (Å²) in [5.74, 6) is 1.64. The molecule has 11 nitrogen and oxygen atoms in total. The third-order valence-corrected chi connectivity index (χ3v) is 9.30. The van der Waals surface area contributed by atoms with Crippen molar-refractivity contribution >= 4 is 23.5 Å². The molecule has 1 aliphatic heterocycles. The summed E-state index contributed by atoms with van der Waals surface area (Å²) in [7, 11) is 0. The summed E-state index contributed by atoms with van der Waals surface area (Å²) in [4.78, 5) is 20.1. The van der Waals surface area contributed by atoms with Crippen LogP contribution in [0, 0.1) is 29.1 Å². The highest BCUT2D eigenvalue weighted by molar-refractivity contribution is 6.05. The van der Waals surface area contributed by atoms with Gasteiger partial charge in [0.1, 0.15) is 23.2 Å². The molecule has 260 valence electrons. The Hall–Kier alpha value is -4.90. The first-order chi connectivity index (χ1) is 23.4. The first kappa shape index (κ1) is 35.4. The molecule has 1 saturated heterocycles. The molecule has 5 rings (SSSR count). The van der Waals surface area contributed by atoms with Crippen molar-refractivity contribution in [2.24, 2.45) is 22.1 Å². The number of aryl methyl sites for hydroxylation is 1. The maximum absolute atomic E-state index is 13.4. The van der Waals surface area contributed by atoms with Gasteiger partial charge in [-0.25, -0.2) is 9.79 Å². The topological polar surface area (TPSA) is 165 Å². The number of likely N-dealkylation sites (tertiary alicyclic amines) is 1. The Balaban J connectivity index is 1.29. The average molecular weight is 667 g/mol. The van der Waals surface area contributed by atoms with Gasteiger partial charge in [0.2, 0.25) is 5.96 Å². The van der Waals surface area contributed by atoms with E-state index in [4.69, 9.17) is 21.3 Å². The molecule has 2 aromatic carbocycles. The molecule has 7 N–H and O–H groups in total. The fraction of sp³-hybridized carbons (Fsp3) is 0.421. The van der Waals surface area contributed by atoms with E-state index < -0.39 is 0 Å². The summed E-state index contributed by atoms with van der Waals surface area (Å²) >= 11 is 0. The Bertz CT molecular complexity index is 1750. The number of nitrogens with zero attached hydrogens (tertiary/aromatic N) is 3. The molecule has 3 aromatic rings. The van der Waals surface area contributed by atoms with E-state index in [0.717, 1.165) is 49.0 Å². The molecular formula is C38H50N8O3. The first-order valence-electron chi connectivity index (χ1n) is 17.1. The SMILES string of the molecule is Cc1ccc(N=C(/C=C(\N)C(C)(C)C)NC(=O)N[C@H]2CC[C@@H](Oc3ccc(=N)n(C(=N)N4CCC(CCO)CC4)c3)c3ccccc32)cc1. The van der Waals surface area contributed by atoms with Crippen LogP contribution in [0.25, 0.3) is 0 Å². The number of nitrogens with one attached hydrogen (secondary N) is 4. The van der Waals surface area contributed by atoms with Crippen LogP contribution in [-0.4, -0.2) is 52.1 Å². The highest BCUT2D eigenvalue weighted by Crippen LogP contribution is 2.38. The number of carbonyl (C=O) groups excluding carboxylic acids is 1. The summed E-state index contributed by atoms with van der Waals surface area (Å²) in [6.45, 7) is 9.67. The molecule has 0 spiro atoms. The molecule has 1 fully saturated rings. The van der Waals surface area contributed by atoms with Crippen molar-refractivity contribution in [1.82, 2.24) is 20.1 Å². The van der Waals surface area contributed by atoms with Gasteiger partial charge in [0, 0.05) is 36.9 Å². The van der Waals surface area contributed by atoms with Crippen LogP contribution in [-0.2, 0) is 0 Å². The molecule has 2 atom stereocenters. The van der Waals surface area contributed by atoms with E-state index in [9.17, 15) is 9.90 Å². The van der Waals surface area contributed by atoms with Gasteiger partial charge < -0.3 is 25.8 Å². The highest BCUT2D eigenvalue weighted by atomic mass is 16.5. The van der Waals surface area contributed by atoms with Crippen molar-refractivity contribution in [1.29, 1.82) is 10.8 Å². The number of rotatable bonds is 7. The first-order valence-corrected chi connectivity index (χ1v) is 17.1. The van der Waals surface area contributed by atoms with E-state index in [1.54, 1.807) is 29.0 Å². The number of aliphatic imine (C=N–C) groups is 1. The van der Waals surface area contributed by atoms with Gasteiger partial charge in [-0.3, -0.25) is 20.7 Å². The molecule has 0 unspecified atom stereocenters. The molecule has 2 amide bonds. The largest absolute Gasteiger partial charge is 0.484 e. The lowest BCUT2D eigenvalue weighted by Crippen LogP contribution is -2.44. The zero-order valence-electron chi connectivity index (χ0n) is 29.0. The standard InChI is InChI=1S/C38H50N8O3/c1-25-9-11-27(12-10-25)42-35(23-33(39)38(2,3)4)44-37(48)43-31-14-15-32(30-8-6-5-7-29(30)31)49-28-13-16-34(40)46(24-28)36(41)45-20-17-26(18-21-45)19-22-47/h5-13,16,23-24,26,31-32,40-41,47H,14-15,17-22,39H2,1-4H3,(H2,42,43,44,48)/b33-23-,40-34?,41-36?/t31-,32+/m0/s1. The number of pyridine rings is 1. The number of hydrogen-bond acceptors (Lipinski definition) is 7. The van der Waals surface area contributed by atoms with Crippen LogP contribution >= 0.6 is 0 Å². The van der Waals surface area contributed by atoms with Gasteiger partial charge in [-0.1, -0.05) is 62.7 Å². The fourth-order valence-corrected chi connectivity index (χ4v) is 6.21. The smallest absolute Gasteiger partial charge is 0.320 e. The van der Waals surface area contributed by atoms with Gasteiger partial charge in [-0.05, 0) is 80.3 Å². The number of ether oxygens (including phenoxy) is 1. The lowest BCUT2D eigenvalue weighted by Gasteiger charge is -2.34. The van der Waals surface area contributed by atoms with Crippen LogP contribution in [0.5, 0.6) is 5.75 Å². The minimum absolute atomic E-state index is 0.191.